The van der Waals surface area contributed by atoms with Crippen LogP contribution in [0, 0.1) is 11.3 Å². The lowest BCUT2D eigenvalue weighted by molar-refractivity contribution is 0.262. The summed E-state index contributed by atoms with van der Waals surface area (Å²) in [7, 11) is 3.99. The molecule has 33 heavy (non-hydrogen) atoms. The zero-order chi connectivity index (χ0) is 23.4. The van der Waals surface area contributed by atoms with E-state index in [4.69, 9.17) is 9.72 Å². The molecule has 0 aliphatic heterocycles. The van der Waals surface area contributed by atoms with E-state index in [0.717, 1.165) is 28.7 Å². The summed E-state index contributed by atoms with van der Waals surface area (Å²) in [6.07, 6.45) is 7.51. The summed E-state index contributed by atoms with van der Waals surface area (Å²) in [6.45, 7) is 5.59. The third-order valence-electron chi connectivity index (χ3n) is 5.28. The van der Waals surface area contributed by atoms with Gasteiger partial charge in [-0.3, -0.25) is 4.98 Å². The number of pyridine rings is 1. The molecule has 4 rings (SSSR count). The van der Waals surface area contributed by atoms with Crippen molar-refractivity contribution in [1.29, 1.82) is 5.26 Å². The van der Waals surface area contributed by atoms with Crippen molar-refractivity contribution >= 4 is 22.5 Å². The molecule has 0 spiro atoms. The van der Waals surface area contributed by atoms with Crippen molar-refractivity contribution in [3.05, 3.63) is 60.7 Å². The van der Waals surface area contributed by atoms with Gasteiger partial charge in [0.2, 0.25) is 5.95 Å². The van der Waals surface area contributed by atoms with Gasteiger partial charge in [0.15, 0.2) is 0 Å². The summed E-state index contributed by atoms with van der Waals surface area (Å²) in [5.74, 6) is 1.08. The minimum atomic E-state index is 0.292. The molecule has 0 bridgehead atoms. The van der Waals surface area contributed by atoms with Crippen molar-refractivity contribution in [1.82, 2.24) is 24.4 Å². The van der Waals surface area contributed by atoms with Gasteiger partial charge in [0.1, 0.15) is 12.4 Å². The zero-order valence-corrected chi connectivity index (χ0v) is 19.3. The molecular weight excluding hydrogens is 414 g/mol. The van der Waals surface area contributed by atoms with Crippen molar-refractivity contribution in [2.75, 3.05) is 32.6 Å². The quantitative estimate of drug-likeness (QED) is 0.426. The van der Waals surface area contributed by atoms with Crippen LogP contribution in [-0.4, -0.2) is 51.7 Å². The molecule has 0 aliphatic rings. The van der Waals surface area contributed by atoms with Gasteiger partial charge in [-0.2, -0.15) is 5.26 Å². The highest BCUT2D eigenvalue weighted by molar-refractivity contribution is 5.94. The SMILES string of the molecule is CC(C)n1cc(-c2ccnc(Nc3cc(C#N)ccc3OCCN(C)C)n2)c2ccncc21. The van der Waals surface area contributed by atoms with E-state index in [1.165, 1.54) is 0 Å². The Morgan fingerprint density at radius 3 is 2.79 bits per heavy atom. The molecule has 0 saturated heterocycles. The average molecular weight is 442 g/mol. The number of hydrogen-bond acceptors (Lipinski definition) is 7. The average Bonchev–Trinajstić information content (AvgIpc) is 3.20. The maximum Gasteiger partial charge on any atom is 0.227 e. The van der Waals surface area contributed by atoms with Gasteiger partial charge in [-0.25, -0.2) is 9.97 Å². The van der Waals surface area contributed by atoms with Crippen LogP contribution in [0.5, 0.6) is 5.75 Å². The smallest absolute Gasteiger partial charge is 0.227 e. The molecule has 168 valence electrons. The Morgan fingerprint density at radius 2 is 2.03 bits per heavy atom. The molecule has 0 saturated carbocycles. The number of likely N-dealkylation sites (N-methyl/N-ethyl adjacent to an activating group) is 1. The van der Waals surface area contributed by atoms with Crippen molar-refractivity contribution in [3.63, 3.8) is 0 Å². The number of ether oxygens (including phenoxy) is 1. The summed E-state index contributed by atoms with van der Waals surface area (Å²) in [6, 6.07) is 11.6. The fourth-order valence-corrected chi connectivity index (χ4v) is 3.58. The largest absolute Gasteiger partial charge is 0.490 e. The monoisotopic (exact) mass is 441 g/mol. The van der Waals surface area contributed by atoms with E-state index in [1.807, 2.05) is 37.3 Å². The Hall–Kier alpha value is -3.96. The van der Waals surface area contributed by atoms with E-state index in [0.29, 0.717) is 35.6 Å². The van der Waals surface area contributed by atoms with E-state index in [-0.39, 0.29) is 0 Å². The highest BCUT2D eigenvalue weighted by atomic mass is 16.5. The molecule has 8 heteroatoms. The summed E-state index contributed by atoms with van der Waals surface area (Å²) >= 11 is 0. The first-order valence-electron chi connectivity index (χ1n) is 10.8. The number of nitriles is 1. The second-order valence-corrected chi connectivity index (χ2v) is 8.30. The number of nitrogens with one attached hydrogen (secondary N) is 1. The summed E-state index contributed by atoms with van der Waals surface area (Å²) in [4.78, 5) is 15.5. The first-order chi connectivity index (χ1) is 16.0. The Morgan fingerprint density at radius 1 is 1.18 bits per heavy atom. The summed E-state index contributed by atoms with van der Waals surface area (Å²) in [5, 5.41) is 13.7. The third kappa shape index (κ3) is 4.94. The molecule has 0 unspecified atom stereocenters. The number of fused-ring (bicyclic) bond motifs is 1. The van der Waals surface area contributed by atoms with Crippen LogP contribution in [0.3, 0.4) is 0 Å². The van der Waals surface area contributed by atoms with Crippen LogP contribution in [0.25, 0.3) is 22.2 Å². The van der Waals surface area contributed by atoms with Gasteiger partial charge in [-0.05, 0) is 58.3 Å². The van der Waals surface area contributed by atoms with E-state index in [9.17, 15) is 5.26 Å². The molecule has 3 heterocycles. The normalized spacial score (nSPS) is 11.2. The molecule has 0 aliphatic carbocycles. The predicted octanol–water partition coefficient (Wildman–Crippen LogP) is 4.63. The molecule has 8 nitrogen and oxygen atoms in total. The number of aromatic nitrogens is 4. The van der Waals surface area contributed by atoms with Crippen LogP contribution in [0.1, 0.15) is 25.5 Å². The second-order valence-electron chi connectivity index (χ2n) is 8.30. The first kappa shape index (κ1) is 22.2. The fourth-order valence-electron chi connectivity index (χ4n) is 3.58. The third-order valence-corrected chi connectivity index (χ3v) is 5.28. The first-order valence-corrected chi connectivity index (χ1v) is 10.8. The molecule has 4 aromatic rings. The molecule has 0 atom stereocenters. The molecule has 0 radical (unpaired) electrons. The maximum absolute atomic E-state index is 9.34. The van der Waals surface area contributed by atoms with Gasteiger partial charge in [0.05, 0.1) is 34.7 Å². The summed E-state index contributed by atoms with van der Waals surface area (Å²) in [5.41, 5.74) is 4.06. The lowest BCUT2D eigenvalue weighted by atomic mass is 10.1. The second kappa shape index (κ2) is 9.67. The van der Waals surface area contributed by atoms with Crippen molar-refractivity contribution in [3.8, 4) is 23.1 Å². The highest BCUT2D eigenvalue weighted by Crippen LogP contribution is 2.32. The number of rotatable bonds is 8. The van der Waals surface area contributed by atoms with E-state index in [1.54, 1.807) is 30.6 Å². The van der Waals surface area contributed by atoms with Crippen LogP contribution in [0.15, 0.2) is 55.1 Å². The van der Waals surface area contributed by atoms with Crippen LogP contribution < -0.4 is 10.1 Å². The number of nitrogens with zero attached hydrogens (tertiary/aromatic N) is 6. The van der Waals surface area contributed by atoms with Gasteiger partial charge in [0.25, 0.3) is 0 Å². The Balaban J connectivity index is 1.68. The van der Waals surface area contributed by atoms with Crippen molar-refractivity contribution < 1.29 is 4.74 Å². The highest BCUT2D eigenvalue weighted by Gasteiger charge is 2.15. The zero-order valence-electron chi connectivity index (χ0n) is 19.3. The molecule has 1 aromatic carbocycles. The minimum absolute atomic E-state index is 0.292. The van der Waals surface area contributed by atoms with Gasteiger partial charge in [0, 0.05) is 42.1 Å². The number of anilines is 2. The Labute approximate surface area is 193 Å². The van der Waals surface area contributed by atoms with Crippen LogP contribution in [0.2, 0.25) is 0 Å². The number of benzene rings is 1. The van der Waals surface area contributed by atoms with Crippen molar-refractivity contribution in [2.24, 2.45) is 0 Å². The molecule has 0 fully saturated rings. The standard InChI is InChI=1S/C25H27N7O/c1-17(2)32-16-20(19-7-9-27-15-23(19)32)21-8-10-28-25(29-21)30-22-13-18(14-26)5-6-24(22)33-12-11-31(3)4/h5-10,13,15-17H,11-12H2,1-4H3,(H,28,29,30). The van der Waals surface area contributed by atoms with E-state index >= 15 is 0 Å². The maximum atomic E-state index is 9.34. The topological polar surface area (TPSA) is 91.9 Å². The predicted molar refractivity (Wildman–Crippen MR) is 130 cm³/mol. The Kier molecular flexibility index (Phi) is 6.52. The fraction of sp³-hybridized carbons (Fsp3) is 0.280. The molecule has 1 N–H and O–H groups in total. The number of hydrogen-bond donors (Lipinski definition) is 1. The van der Waals surface area contributed by atoms with E-state index in [2.05, 4.69) is 46.0 Å². The van der Waals surface area contributed by atoms with Crippen LogP contribution in [0.4, 0.5) is 11.6 Å². The lowest BCUT2D eigenvalue weighted by Crippen LogP contribution is -2.19. The molecule has 3 aromatic heterocycles. The lowest BCUT2D eigenvalue weighted by Gasteiger charge is -2.15. The van der Waals surface area contributed by atoms with Gasteiger partial charge in [-0.15, -0.1) is 0 Å². The van der Waals surface area contributed by atoms with Gasteiger partial charge < -0.3 is 19.5 Å². The van der Waals surface area contributed by atoms with E-state index < -0.39 is 0 Å². The van der Waals surface area contributed by atoms with Gasteiger partial charge in [-0.1, -0.05) is 0 Å². The van der Waals surface area contributed by atoms with Crippen LogP contribution in [-0.2, 0) is 0 Å². The Bertz CT molecular complexity index is 1300. The minimum Gasteiger partial charge on any atom is -0.490 e. The van der Waals surface area contributed by atoms with Crippen molar-refractivity contribution in [2.45, 2.75) is 19.9 Å². The van der Waals surface area contributed by atoms with Crippen LogP contribution >= 0.6 is 0 Å². The molecule has 0 amide bonds. The molecular formula is C25H27N7O. The summed E-state index contributed by atoms with van der Waals surface area (Å²) < 4.78 is 8.14. The van der Waals surface area contributed by atoms with Gasteiger partial charge >= 0.3 is 0 Å².